The number of nitrogen functional groups attached to an aromatic ring is 1. The van der Waals surface area contributed by atoms with Crippen LogP contribution in [-0.2, 0) is 0 Å². The lowest BCUT2D eigenvalue weighted by molar-refractivity contribution is -0.384. The Bertz CT molecular complexity index is 2010. The molecule has 0 fully saturated rings. The minimum atomic E-state index is -0.567. The largest absolute Gasteiger partial charge is 0.399 e. The van der Waals surface area contributed by atoms with Gasteiger partial charge in [0.2, 0.25) is 0 Å². The number of carbonyl (C=O) groups excluding carboxylic acids is 4. The van der Waals surface area contributed by atoms with Gasteiger partial charge in [-0.25, -0.2) is 9.80 Å². The molecule has 0 spiro atoms. The highest BCUT2D eigenvalue weighted by molar-refractivity contribution is 6.36. The van der Waals surface area contributed by atoms with Crippen LogP contribution in [0.1, 0.15) is 143 Å². The highest BCUT2D eigenvalue weighted by atomic mass is 16.6. The molecule has 4 aromatic carbocycles. The molecule has 2 aliphatic rings. The van der Waals surface area contributed by atoms with Crippen molar-refractivity contribution in [3.63, 3.8) is 0 Å². The van der Waals surface area contributed by atoms with Gasteiger partial charge < -0.3 is 5.73 Å². The van der Waals surface area contributed by atoms with E-state index in [1.54, 1.807) is 18.2 Å². The molecule has 6 rings (SSSR count). The number of fused-ring (bicyclic) bond motifs is 2. The number of hydrogen-bond acceptors (Lipinski definition) is 7. The predicted molar refractivity (Wildman–Crippen MR) is 195 cm³/mol. The molecule has 0 radical (unpaired) electrons. The third kappa shape index (κ3) is 6.17. The number of non-ortho nitro benzene ring substituents is 1. The average molecular weight is 675 g/mol. The van der Waals surface area contributed by atoms with Crippen LogP contribution in [0.5, 0.6) is 0 Å². The molecule has 2 N–H and O–H groups in total. The Labute approximate surface area is 292 Å². The minimum Gasteiger partial charge on any atom is -0.399 e. The van der Waals surface area contributed by atoms with Gasteiger partial charge in [0.05, 0.1) is 38.6 Å². The summed E-state index contributed by atoms with van der Waals surface area (Å²) in [7, 11) is 0. The Kier molecular flexibility index (Phi) is 9.77. The van der Waals surface area contributed by atoms with E-state index in [-0.39, 0.29) is 52.3 Å². The molecule has 10 nitrogen and oxygen atoms in total. The lowest BCUT2D eigenvalue weighted by Crippen LogP contribution is -2.31. The molecule has 0 saturated heterocycles. The fourth-order valence-electron chi connectivity index (χ4n) is 6.55. The van der Waals surface area contributed by atoms with E-state index in [1.807, 2.05) is 64.1 Å². The number of nitrogens with zero attached hydrogens (tertiary/aromatic N) is 3. The van der Waals surface area contributed by atoms with E-state index in [4.69, 9.17) is 5.73 Å². The van der Waals surface area contributed by atoms with Crippen LogP contribution in [0.2, 0.25) is 0 Å². The van der Waals surface area contributed by atoms with Crippen LogP contribution >= 0.6 is 0 Å². The number of para-hydroxylation sites is 2. The molecular weight excluding hydrogens is 632 g/mol. The molecule has 0 unspecified atom stereocenters. The first-order valence-electron chi connectivity index (χ1n) is 16.8. The standard InChI is InChI=1S/C20H20N2O4.C20H22N2O2/c1-11(2)14-6-5-7-15(12(3)4)18(14)21-19(23)16-9-8-13(22(25)26)10-17(16)20(21)24;1-11(2)14-6-5-7-15(12(3)4)18(14)22-19(23)16-9-8-13(21)10-17(16)20(22)24/h5-12H,1-4H3;5-12H,21H2,1-4H3. The van der Waals surface area contributed by atoms with Gasteiger partial charge in [0.1, 0.15) is 0 Å². The number of rotatable bonds is 7. The van der Waals surface area contributed by atoms with Crippen LogP contribution in [0.25, 0.3) is 0 Å². The summed E-state index contributed by atoms with van der Waals surface area (Å²) in [6.45, 7) is 16.3. The summed E-state index contributed by atoms with van der Waals surface area (Å²) in [6.07, 6.45) is 0. The van der Waals surface area contributed by atoms with Crippen molar-refractivity contribution in [2.45, 2.75) is 79.1 Å². The van der Waals surface area contributed by atoms with E-state index in [1.165, 1.54) is 28.0 Å². The number of benzene rings is 4. The summed E-state index contributed by atoms with van der Waals surface area (Å²) in [5.41, 5.74) is 12.3. The summed E-state index contributed by atoms with van der Waals surface area (Å²) in [4.78, 5) is 64.8. The first-order chi connectivity index (χ1) is 23.6. The molecule has 0 aliphatic carbocycles. The monoisotopic (exact) mass is 674 g/mol. The first-order valence-corrected chi connectivity index (χ1v) is 16.8. The molecule has 4 amide bonds. The zero-order chi connectivity index (χ0) is 36.8. The number of nitro benzene ring substituents is 1. The highest BCUT2D eigenvalue weighted by Gasteiger charge is 2.41. The number of imide groups is 2. The average Bonchev–Trinajstić information content (AvgIpc) is 3.46. The van der Waals surface area contributed by atoms with Gasteiger partial charge in [0.25, 0.3) is 29.3 Å². The second-order valence-electron chi connectivity index (χ2n) is 13.9. The Hall–Kier alpha value is -5.64. The fourth-order valence-corrected chi connectivity index (χ4v) is 6.55. The van der Waals surface area contributed by atoms with Gasteiger partial charge in [-0.15, -0.1) is 0 Å². The summed E-state index contributed by atoms with van der Waals surface area (Å²) in [5.74, 6) is -0.883. The Morgan fingerprint density at radius 2 is 0.860 bits per heavy atom. The first kappa shape index (κ1) is 35.7. The zero-order valence-corrected chi connectivity index (χ0v) is 29.6. The van der Waals surface area contributed by atoms with Crippen molar-refractivity contribution in [1.82, 2.24) is 0 Å². The molecule has 0 aromatic heterocycles. The lowest BCUT2D eigenvalue weighted by atomic mass is 9.92. The van der Waals surface area contributed by atoms with Crippen molar-refractivity contribution in [3.8, 4) is 0 Å². The molecule has 2 aliphatic heterocycles. The van der Waals surface area contributed by atoms with Crippen molar-refractivity contribution in [3.05, 3.63) is 127 Å². The van der Waals surface area contributed by atoms with Crippen LogP contribution in [0.4, 0.5) is 22.7 Å². The summed E-state index contributed by atoms with van der Waals surface area (Å²) >= 11 is 0. The molecule has 258 valence electrons. The SMILES string of the molecule is CC(C)c1cccc(C(C)C)c1N1C(=O)c2ccc(N)cc2C1=O.CC(C)c1cccc(C(C)C)c1N1C(=O)c2ccc([N+](=O)[O-])cc2C1=O. The molecule has 0 atom stereocenters. The van der Waals surface area contributed by atoms with Gasteiger partial charge >= 0.3 is 0 Å². The summed E-state index contributed by atoms with van der Waals surface area (Å²) in [5, 5.41) is 11.0. The normalized spacial score (nSPS) is 13.8. The molecule has 10 heteroatoms. The second kappa shape index (κ2) is 13.7. The predicted octanol–water partition coefficient (Wildman–Crippen LogP) is 8.96. The van der Waals surface area contributed by atoms with E-state index in [2.05, 4.69) is 27.7 Å². The van der Waals surface area contributed by atoms with Gasteiger partial charge in [0.15, 0.2) is 0 Å². The highest BCUT2D eigenvalue weighted by Crippen LogP contribution is 2.41. The minimum absolute atomic E-state index is 0.0810. The maximum absolute atomic E-state index is 13.0. The van der Waals surface area contributed by atoms with Crippen molar-refractivity contribution >= 4 is 46.4 Å². The van der Waals surface area contributed by atoms with E-state index in [9.17, 15) is 29.3 Å². The maximum atomic E-state index is 13.0. The third-order valence-electron chi connectivity index (χ3n) is 9.12. The molecule has 2 heterocycles. The Balaban J connectivity index is 0.000000195. The number of amides is 4. The fraction of sp³-hybridized carbons (Fsp3) is 0.300. The Morgan fingerprint density at radius 1 is 0.520 bits per heavy atom. The molecule has 4 aromatic rings. The summed E-state index contributed by atoms with van der Waals surface area (Å²) < 4.78 is 0. The Morgan fingerprint density at radius 3 is 1.22 bits per heavy atom. The number of hydrogen-bond donors (Lipinski definition) is 1. The zero-order valence-electron chi connectivity index (χ0n) is 29.6. The number of anilines is 3. The van der Waals surface area contributed by atoms with Gasteiger partial charge in [-0.05, 0) is 70.2 Å². The third-order valence-corrected chi connectivity index (χ3v) is 9.12. The molecule has 0 bridgehead atoms. The van der Waals surface area contributed by atoms with E-state index < -0.39 is 16.7 Å². The second-order valence-corrected chi connectivity index (χ2v) is 13.9. The number of nitro groups is 1. The van der Waals surface area contributed by atoms with Crippen LogP contribution in [-0.4, -0.2) is 28.6 Å². The van der Waals surface area contributed by atoms with Crippen molar-refractivity contribution in [2.24, 2.45) is 0 Å². The van der Waals surface area contributed by atoms with E-state index >= 15 is 0 Å². The molecule has 50 heavy (non-hydrogen) atoms. The van der Waals surface area contributed by atoms with Crippen LogP contribution in [0.15, 0.2) is 72.8 Å². The van der Waals surface area contributed by atoms with Crippen molar-refractivity contribution < 1.29 is 24.1 Å². The maximum Gasteiger partial charge on any atom is 0.270 e. The van der Waals surface area contributed by atoms with E-state index in [0.29, 0.717) is 22.5 Å². The van der Waals surface area contributed by atoms with Gasteiger partial charge in [0, 0.05) is 17.8 Å². The number of carbonyl (C=O) groups is 4. The van der Waals surface area contributed by atoms with Gasteiger partial charge in [-0.3, -0.25) is 29.3 Å². The topological polar surface area (TPSA) is 144 Å². The van der Waals surface area contributed by atoms with Crippen molar-refractivity contribution in [1.29, 1.82) is 0 Å². The van der Waals surface area contributed by atoms with Crippen LogP contribution in [0, 0.1) is 10.1 Å². The van der Waals surface area contributed by atoms with Crippen LogP contribution < -0.4 is 15.5 Å². The number of nitrogens with two attached hydrogens (primary N) is 1. The molecular formula is C40H42N4O6. The van der Waals surface area contributed by atoms with Crippen molar-refractivity contribution in [2.75, 3.05) is 15.5 Å². The molecule has 0 saturated carbocycles. The summed E-state index contributed by atoms with van der Waals surface area (Å²) in [6, 6.07) is 20.4. The lowest BCUT2D eigenvalue weighted by Gasteiger charge is -2.25. The smallest absolute Gasteiger partial charge is 0.270 e. The van der Waals surface area contributed by atoms with Gasteiger partial charge in [-0.1, -0.05) is 91.8 Å². The van der Waals surface area contributed by atoms with Gasteiger partial charge in [-0.2, -0.15) is 0 Å². The van der Waals surface area contributed by atoms with E-state index in [0.717, 1.165) is 27.9 Å². The quantitative estimate of drug-likeness (QED) is 0.0892. The van der Waals surface area contributed by atoms with Crippen LogP contribution in [0.3, 0.4) is 0 Å².